The van der Waals surface area contributed by atoms with Crippen molar-refractivity contribution >= 4 is 43.5 Å². The fourth-order valence-corrected chi connectivity index (χ4v) is 3.98. The maximum absolute atomic E-state index is 12.1. The number of halogens is 2. The van der Waals surface area contributed by atoms with Gasteiger partial charge in [0.15, 0.2) is 0 Å². The third-order valence-corrected chi connectivity index (χ3v) is 4.57. The maximum Gasteiger partial charge on any atom is 0.224 e. The summed E-state index contributed by atoms with van der Waals surface area (Å²) in [6.07, 6.45) is 2.88. The van der Waals surface area contributed by atoms with E-state index in [4.69, 9.17) is 0 Å². The molecule has 0 radical (unpaired) electrons. The van der Waals surface area contributed by atoms with Crippen molar-refractivity contribution in [2.75, 3.05) is 18.4 Å². The molecule has 1 aromatic rings. The van der Waals surface area contributed by atoms with Crippen LogP contribution in [0.2, 0.25) is 0 Å². The Morgan fingerprint density at radius 1 is 1.42 bits per heavy atom. The molecule has 1 heterocycles. The standard InChI is InChI=1S/C14H18Br2N2O/c1-9-5-11(15)14(12(16)6-9)18-13(19)7-10-3-2-4-17-8-10/h5-6,10,17H,2-4,7-8H2,1H3,(H,18,19). The number of amides is 1. The zero-order chi connectivity index (χ0) is 13.8. The number of carbonyl (C=O) groups excluding carboxylic acids is 1. The van der Waals surface area contributed by atoms with Gasteiger partial charge in [-0.15, -0.1) is 0 Å². The molecule has 1 fully saturated rings. The first-order valence-electron chi connectivity index (χ1n) is 6.52. The average molecular weight is 390 g/mol. The smallest absolute Gasteiger partial charge is 0.224 e. The van der Waals surface area contributed by atoms with Crippen LogP contribution in [0.15, 0.2) is 21.1 Å². The summed E-state index contributed by atoms with van der Waals surface area (Å²) >= 11 is 6.99. The summed E-state index contributed by atoms with van der Waals surface area (Å²) in [7, 11) is 0. The second-order valence-electron chi connectivity index (χ2n) is 5.07. The molecule has 104 valence electrons. The fourth-order valence-electron chi connectivity index (χ4n) is 2.37. The monoisotopic (exact) mass is 388 g/mol. The van der Waals surface area contributed by atoms with Crippen LogP contribution in [0, 0.1) is 12.8 Å². The van der Waals surface area contributed by atoms with Gasteiger partial charge in [-0.05, 0) is 88.3 Å². The number of carbonyl (C=O) groups is 1. The van der Waals surface area contributed by atoms with E-state index in [-0.39, 0.29) is 5.91 Å². The van der Waals surface area contributed by atoms with Crippen molar-refractivity contribution < 1.29 is 4.79 Å². The topological polar surface area (TPSA) is 41.1 Å². The van der Waals surface area contributed by atoms with Crippen LogP contribution in [-0.4, -0.2) is 19.0 Å². The Bertz CT molecular complexity index is 448. The second kappa shape index (κ2) is 6.86. The van der Waals surface area contributed by atoms with Gasteiger partial charge in [0.1, 0.15) is 0 Å². The lowest BCUT2D eigenvalue weighted by Gasteiger charge is -2.22. The van der Waals surface area contributed by atoms with Gasteiger partial charge < -0.3 is 10.6 Å². The quantitative estimate of drug-likeness (QED) is 0.824. The van der Waals surface area contributed by atoms with E-state index >= 15 is 0 Å². The van der Waals surface area contributed by atoms with Gasteiger partial charge in [0.05, 0.1) is 5.69 Å². The summed E-state index contributed by atoms with van der Waals surface area (Å²) in [5.41, 5.74) is 1.97. The Kier molecular flexibility index (Phi) is 5.42. The molecule has 1 unspecified atom stereocenters. The number of anilines is 1. The van der Waals surface area contributed by atoms with Crippen molar-refractivity contribution in [3.05, 3.63) is 26.6 Å². The minimum atomic E-state index is 0.0824. The molecule has 1 aliphatic rings. The lowest BCUT2D eigenvalue weighted by Crippen LogP contribution is -2.32. The molecular weight excluding hydrogens is 372 g/mol. The van der Waals surface area contributed by atoms with Crippen LogP contribution in [0.4, 0.5) is 5.69 Å². The van der Waals surface area contributed by atoms with Gasteiger partial charge in [0, 0.05) is 15.4 Å². The SMILES string of the molecule is Cc1cc(Br)c(NC(=O)CC2CCCNC2)c(Br)c1. The average Bonchev–Trinajstić information content (AvgIpc) is 2.35. The van der Waals surface area contributed by atoms with E-state index < -0.39 is 0 Å². The predicted molar refractivity (Wildman–Crippen MR) is 85.4 cm³/mol. The van der Waals surface area contributed by atoms with Crippen molar-refractivity contribution in [2.45, 2.75) is 26.2 Å². The molecule has 0 bridgehead atoms. The van der Waals surface area contributed by atoms with Crippen molar-refractivity contribution in [1.82, 2.24) is 5.32 Å². The summed E-state index contributed by atoms with van der Waals surface area (Å²) < 4.78 is 1.82. The molecule has 1 atom stereocenters. The van der Waals surface area contributed by atoms with Crippen molar-refractivity contribution in [1.29, 1.82) is 0 Å². The highest BCUT2D eigenvalue weighted by molar-refractivity contribution is 9.11. The lowest BCUT2D eigenvalue weighted by atomic mass is 9.96. The third kappa shape index (κ3) is 4.29. The number of aryl methyl sites for hydroxylation is 1. The molecule has 2 rings (SSSR count). The molecule has 19 heavy (non-hydrogen) atoms. The van der Waals surface area contributed by atoms with E-state index in [1.807, 2.05) is 19.1 Å². The first-order chi connectivity index (χ1) is 9.06. The van der Waals surface area contributed by atoms with Crippen molar-refractivity contribution in [2.24, 2.45) is 5.92 Å². The summed E-state index contributed by atoms with van der Waals surface area (Å²) in [6.45, 7) is 4.05. The van der Waals surface area contributed by atoms with Gasteiger partial charge in [-0.25, -0.2) is 0 Å². The van der Waals surface area contributed by atoms with E-state index in [1.54, 1.807) is 0 Å². The van der Waals surface area contributed by atoms with Crippen LogP contribution in [0.1, 0.15) is 24.8 Å². The summed E-state index contributed by atoms with van der Waals surface area (Å²) in [5.74, 6) is 0.538. The number of piperidine rings is 1. The van der Waals surface area contributed by atoms with Crippen LogP contribution < -0.4 is 10.6 Å². The number of nitrogens with one attached hydrogen (secondary N) is 2. The molecule has 1 aliphatic heterocycles. The minimum absolute atomic E-state index is 0.0824. The normalized spacial score (nSPS) is 19.2. The molecule has 0 aliphatic carbocycles. The highest BCUT2D eigenvalue weighted by Gasteiger charge is 2.18. The van der Waals surface area contributed by atoms with Crippen LogP contribution in [0.5, 0.6) is 0 Å². The second-order valence-corrected chi connectivity index (χ2v) is 6.78. The molecule has 0 spiro atoms. The molecule has 1 saturated heterocycles. The molecule has 0 saturated carbocycles. The lowest BCUT2D eigenvalue weighted by molar-refractivity contribution is -0.117. The molecule has 2 N–H and O–H groups in total. The molecule has 0 aromatic heterocycles. The third-order valence-electron chi connectivity index (χ3n) is 3.32. The molecule has 1 amide bonds. The Balaban J connectivity index is 1.98. The van der Waals surface area contributed by atoms with Crippen LogP contribution >= 0.6 is 31.9 Å². The van der Waals surface area contributed by atoms with E-state index in [0.29, 0.717) is 12.3 Å². The van der Waals surface area contributed by atoms with Gasteiger partial charge in [-0.2, -0.15) is 0 Å². The number of hydrogen-bond donors (Lipinski definition) is 2. The molecule has 3 nitrogen and oxygen atoms in total. The van der Waals surface area contributed by atoms with Crippen LogP contribution in [0.25, 0.3) is 0 Å². The largest absolute Gasteiger partial charge is 0.324 e. The number of hydrogen-bond acceptors (Lipinski definition) is 2. The summed E-state index contributed by atoms with van der Waals surface area (Å²) in [6, 6.07) is 4.01. The van der Waals surface area contributed by atoms with Gasteiger partial charge in [0.2, 0.25) is 5.91 Å². The van der Waals surface area contributed by atoms with Crippen molar-refractivity contribution in [3.63, 3.8) is 0 Å². The Morgan fingerprint density at radius 2 is 2.11 bits per heavy atom. The van der Waals surface area contributed by atoms with Gasteiger partial charge >= 0.3 is 0 Å². The highest BCUT2D eigenvalue weighted by Crippen LogP contribution is 2.32. The van der Waals surface area contributed by atoms with Crippen LogP contribution in [-0.2, 0) is 4.79 Å². The van der Waals surface area contributed by atoms with E-state index in [9.17, 15) is 4.79 Å². The Hall–Kier alpha value is -0.390. The first-order valence-corrected chi connectivity index (χ1v) is 8.11. The van der Waals surface area contributed by atoms with Gasteiger partial charge in [-0.1, -0.05) is 0 Å². The Morgan fingerprint density at radius 3 is 2.68 bits per heavy atom. The molecule has 1 aromatic carbocycles. The zero-order valence-electron chi connectivity index (χ0n) is 10.9. The fraction of sp³-hybridized carbons (Fsp3) is 0.500. The predicted octanol–water partition coefficient (Wildman–Crippen LogP) is 3.85. The van der Waals surface area contributed by atoms with Gasteiger partial charge in [0.25, 0.3) is 0 Å². The zero-order valence-corrected chi connectivity index (χ0v) is 14.1. The van der Waals surface area contributed by atoms with Gasteiger partial charge in [-0.3, -0.25) is 4.79 Å². The first kappa shape index (κ1) is 15.0. The van der Waals surface area contributed by atoms with E-state index in [0.717, 1.165) is 46.1 Å². The Labute approximate surface area is 130 Å². The molecular formula is C14H18Br2N2O. The van der Waals surface area contributed by atoms with E-state index in [1.165, 1.54) is 0 Å². The number of benzene rings is 1. The summed E-state index contributed by atoms with van der Waals surface area (Å²) in [4.78, 5) is 12.1. The van der Waals surface area contributed by atoms with Crippen LogP contribution in [0.3, 0.4) is 0 Å². The van der Waals surface area contributed by atoms with Crippen molar-refractivity contribution in [3.8, 4) is 0 Å². The van der Waals surface area contributed by atoms with E-state index in [2.05, 4.69) is 42.5 Å². The molecule has 5 heteroatoms. The minimum Gasteiger partial charge on any atom is -0.324 e. The number of rotatable bonds is 3. The highest BCUT2D eigenvalue weighted by atomic mass is 79.9. The maximum atomic E-state index is 12.1. The summed E-state index contributed by atoms with van der Waals surface area (Å²) in [5, 5.41) is 6.33.